The molecule has 0 aliphatic rings. The molecule has 0 saturated heterocycles. The van der Waals surface area contributed by atoms with Gasteiger partial charge < -0.3 is 4.90 Å². The van der Waals surface area contributed by atoms with Crippen LogP contribution in [0.2, 0.25) is 0 Å². The Morgan fingerprint density at radius 1 is 0.714 bits per heavy atom. The summed E-state index contributed by atoms with van der Waals surface area (Å²) in [5.74, 6) is 0. The zero-order valence-corrected chi connectivity index (χ0v) is 12.5. The molecule has 0 aromatic heterocycles. The highest BCUT2D eigenvalue weighted by Crippen LogP contribution is 2.34. The van der Waals surface area contributed by atoms with Crippen molar-refractivity contribution >= 4 is 11.4 Å². The lowest BCUT2D eigenvalue weighted by molar-refractivity contribution is 1.21. The van der Waals surface area contributed by atoms with E-state index >= 15 is 0 Å². The average Bonchev–Trinajstić information content (AvgIpc) is 2.55. The Bertz CT molecular complexity index is 732. The maximum absolute atomic E-state index is 2.23. The van der Waals surface area contributed by atoms with Gasteiger partial charge in [0.1, 0.15) is 0 Å². The molecule has 0 fully saturated rings. The average molecular weight is 273 g/mol. The van der Waals surface area contributed by atoms with Crippen LogP contribution in [0.25, 0.3) is 11.1 Å². The van der Waals surface area contributed by atoms with Crippen molar-refractivity contribution in [1.29, 1.82) is 0 Å². The summed E-state index contributed by atoms with van der Waals surface area (Å²) in [7, 11) is 2.12. The summed E-state index contributed by atoms with van der Waals surface area (Å²) in [5, 5.41) is 0. The standard InChI is InChI=1S/C20H19N/c1-16-9-8-10-17(15-16)19-13-6-7-14-20(19)21(2)18-11-4-3-5-12-18/h3-15H,1-2H3. The first-order chi connectivity index (χ1) is 10.3. The second kappa shape index (κ2) is 5.84. The third-order valence-corrected chi connectivity index (χ3v) is 3.74. The zero-order chi connectivity index (χ0) is 14.7. The highest BCUT2D eigenvalue weighted by molar-refractivity contribution is 5.82. The summed E-state index contributed by atoms with van der Waals surface area (Å²) >= 11 is 0. The predicted molar refractivity (Wildman–Crippen MR) is 91.1 cm³/mol. The first-order valence-electron chi connectivity index (χ1n) is 7.20. The topological polar surface area (TPSA) is 3.24 Å². The second-order valence-corrected chi connectivity index (χ2v) is 5.28. The third kappa shape index (κ3) is 2.82. The van der Waals surface area contributed by atoms with Crippen LogP contribution in [-0.2, 0) is 0 Å². The van der Waals surface area contributed by atoms with Crippen molar-refractivity contribution in [3.63, 3.8) is 0 Å². The van der Waals surface area contributed by atoms with Crippen LogP contribution in [0.1, 0.15) is 5.56 Å². The van der Waals surface area contributed by atoms with Crippen LogP contribution in [0.15, 0.2) is 78.9 Å². The number of benzene rings is 3. The Hall–Kier alpha value is -2.54. The van der Waals surface area contributed by atoms with E-state index in [2.05, 4.69) is 91.7 Å². The van der Waals surface area contributed by atoms with Gasteiger partial charge >= 0.3 is 0 Å². The number of hydrogen-bond donors (Lipinski definition) is 0. The van der Waals surface area contributed by atoms with Gasteiger partial charge in [0.15, 0.2) is 0 Å². The van der Waals surface area contributed by atoms with Crippen LogP contribution in [-0.4, -0.2) is 7.05 Å². The first kappa shape index (κ1) is 13.4. The Morgan fingerprint density at radius 2 is 1.43 bits per heavy atom. The van der Waals surface area contributed by atoms with Crippen molar-refractivity contribution in [2.45, 2.75) is 6.92 Å². The molecule has 0 amide bonds. The number of hydrogen-bond acceptors (Lipinski definition) is 1. The Morgan fingerprint density at radius 3 is 2.19 bits per heavy atom. The van der Waals surface area contributed by atoms with E-state index in [4.69, 9.17) is 0 Å². The number of para-hydroxylation sites is 2. The molecule has 0 bridgehead atoms. The van der Waals surface area contributed by atoms with Crippen molar-refractivity contribution in [1.82, 2.24) is 0 Å². The molecular weight excluding hydrogens is 254 g/mol. The summed E-state index contributed by atoms with van der Waals surface area (Å²) in [4.78, 5) is 2.23. The van der Waals surface area contributed by atoms with Crippen LogP contribution < -0.4 is 4.90 Å². The van der Waals surface area contributed by atoms with Crippen LogP contribution in [0.4, 0.5) is 11.4 Å². The minimum absolute atomic E-state index is 1.19. The van der Waals surface area contributed by atoms with Gasteiger partial charge in [0.25, 0.3) is 0 Å². The molecular formula is C20H19N. The second-order valence-electron chi connectivity index (χ2n) is 5.28. The van der Waals surface area contributed by atoms with Crippen molar-refractivity contribution in [2.24, 2.45) is 0 Å². The molecule has 0 aliphatic heterocycles. The van der Waals surface area contributed by atoms with Gasteiger partial charge in [0.2, 0.25) is 0 Å². The van der Waals surface area contributed by atoms with Gasteiger partial charge in [-0.3, -0.25) is 0 Å². The third-order valence-electron chi connectivity index (χ3n) is 3.74. The summed E-state index contributed by atoms with van der Waals surface area (Å²) in [6.07, 6.45) is 0. The van der Waals surface area contributed by atoms with Gasteiger partial charge in [-0.15, -0.1) is 0 Å². The van der Waals surface area contributed by atoms with Crippen LogP contribution in [0, 0.1) is 6.92 Å². The lowest BCUT2D eigenvalue weighted by atomic mass is 10.0. The lowest BCUT2D eigenvalue weighted by Crippen LogP contribution is -2.10. The molecule has 0 aliphatic carbocycles. The van der Waals surface area contributed by atoms with Crippen molar-refractivity contribution in [3.05, 3.63) is 84.4 Å². The molecule has 0 atom stereocenters. The summed E-state index contributed by atoms with van der Waals surface area (Å²) in [6.45, 7) is 2.13. The molecule has 0 radical (unpaired) electrons. The summed E-state index contributed by atoms with van der Waals surface area (Å²) < 4.78 is 0. The fourth-order valence-corrected chi connectivity index (χ4v) is 2.61. The molecule has 0 unspecified atom stereocenters. The van der Waals surface area contributed by atoms with Gasteiger partial charge in [-0.25, -0.2) is 0 Å². The van der Waals surface area contributed by atoms with Crippen molar-refractivity contribution in [3.8, 4) is 11.1 Å². The fourth-order valence-electron chi connectivity index (χ4n) is 2.61. The van der Waals surface area contributed by atoms with E-state index in [1.807, 2.05) is 6.07 Å². The lowest BCUT2D eigenvalue weighted by Gasteiger charge is -2.23. The Balaban J connectivity index is 2.08. The number of nitrogens with zero attached hydrogens (tertiary/aromatic N) is 1. The minimum Gasteiger partial charge on any atom is -0.344 e. The maximum Gasteiger partial charge on any atom is 0.0487 e. The Labute approximate surface area is 126 Å². The normalized spacial score (nSPS) is 10.4. The summed E-state index contributed by atoms with van der Waals surface area (Å²) in [6, 6.07) is 27.6. The highest BCUT2D eigenvalue weighted by atomic mass is 15.1. The van der Waals surface area contributed by atoms with E-state index in [1.165, 1.54) is 28.1 Å². The van der Waals surface area contributed by atoms with Crippen LogP contribution >= 0.6 is 0 Å². The Kier molecular flexibility index (Phi) is 3.74. The van der Waals surface area contributed by atoms with Crippen molar-refractivity contribution < 1.29 is 0 Å². The zero-order valence-electron chi connectivity index (χ0n) is 12.5. The van der Waals surface area contributed by atoms with Gasteiger partial charge in [-0.2, -0.15) is 0 Å². The molecule has 104 valence electrons. The molecule has 0 saturated carbocycles. The van der Waals surface area contributed by atoms with E-state index in [-0.39, 0.29) is 0 Å². The quantitative estimate of drug-likeness (QED) is 0.615. The van der Waals surface area contributed by atoms with Gasteiger partial charge in [0.05, 0.1) is 0 Å². The van der Waals surface area contributed by atoms with Crippen LogP contribution in [0.5, 0.6) is 0 Å². The molecule has 0 spiro atoms. The number of anilines is 2. The van der Waals surface area contributed by atoms with E-state index in [0.29, 0.717) is 0 Å². The van der Waals surface area contributed by atoms with Gasteiger partial charge in [-0.1, -0.05) is 66.2 Å². The monoisotopic (exact) mass is 273 g/mol. The number of rotatable bonds is 3. The molecule has 21 heavy (non-hydrogen) atoms. The fraction of sp³-hybridized carbons (Fsp3) is 0.100. The van der Waals surface area contributed by atoms with E-state index < -0.39 is 0 Å². The van der Waals surface area contributed by atoms with E-state index in [1.54, 1.807) is 0 Å². The molecule has 1 nitrogen and oxygen atoms in total. The van der Waals surface area contributed by atoms with Crippen LogP contribution in [0.3, 0.4) is 0 Å². The highest BCUT2D eigenvalue weighted by Gasteiger charge is 2.10. The summed E-state index contributed by atoms with van der Waals surface area (Å²) in [5.41, 5.74) is 6.21. The SMILES string of the molecule is Cc1cccc(-c2ccccc2N(C)c2ccccc2)c1. The predicted octanol–water partition coefficient (Wildman–Crippen LogP) is 5.43. The minimum atomic E-state index is 1.19. The molecule has 0 N–H and O–H groups in total. The first-order valence-corrected chi connectivity index (χ1v) is 7.20. The smallest absolute Gasteiger partial charge is 0.0487 e. The largest absolute Gasteiger partial charge is 0.344 e. The van der Waals surface area contributed by atoms with Gasteiger partial charge in [-0.05, 0) is 30.7 Å². The van der Waals surface area contributed by atoms with E-state index in [9.17, 15) is 0 Å². The molecule has 1 heteroatoms. The van der Waals surface area contributed by atoms with Crippen molar-refractivity contribution in [2.75, 3.05) is 11.9 Å². The molecule has 3 aromatic rings. The molecule has 0 heterocycles. The number of aryl methyl sites for hydroxylation is 1. The van der Waals surface area contributed by atoms with E-state index in [0.717, 1.165) is 0 Å². The molecule has 3 rings (SSSR count). The maximum atomic E-state index is 2.23. The van der Waals surface area contributed by atoms with Gasteiger partial charge in [0, 0.05) is 24.0 Å². The molecule has 3 aromatic carbocycles.